The van der Waals surface area contributed by atoms with Gasteiger partial charge in [-0.1, -0.05) is 18.2 Å². The maximum Gasteiger partial charge on any atom is 0.226 e. The molecule has 1 amide bonds. The Bertz CT molecular complexity index is 692. The second kappa shape index (κ2) is 6.41. The monoisotopic (exact) mass is 301 g/mol. The molecule has 0 spiro atoms. The average molecular weight is 301 g/mol. The van der Waals surface area contributed by atoms with Gasteiger partial charge in [0.15, 0.2) is 4.96 Å². The Hall–Kier alpha value is -2.34. The number of hydrogen-bond acceptors (Lipinski definition) is 4. The third kappa shape index (κ3) is 3.61. The van der Waals surface area contributed by atoms with E-state index in [0.29, 0.717) is 19.6 Å². The summed E-state index contributed by atoms with van der Waals surface area (Å²) in [7, 11) is 0. The molecule has 0 aliphatic rings. The highest BCUT2D eigenvalue weighted by Crippen LogP contribution is 2.11. The second-order valence-electron chi connectivity index (χ2n) is 4.51. The number of nitrogens with zero attached hydrogens (tertiary/aromatic N) is 2. The van der Waals surface area contributed by atoms with Crippen molar-refractivity contribution < 1.29 is 9.53 Å². The SMILES string of the molecule is O=C(Cc1cn2ccsc2n1)NCCOc1ccccc1. The van der Waals surface area contributed by atoms with Crippen LogP contribution in [0.25, 0.3) is 4.96 Å². The van der Waals surface area contributed by atoms with Gasteiger partial charge in [-0.25, -0.2) is 4.98 Å². The van der Waals surface area contributed by atoms with Gasteiger partial charge in [-0.05, 0) is 12.1 Å². The minimum absolute atomic E-state index is 0.0441. The van der Waals surface area contributed by atoms with Crippen LogP contribution in [0.15, 0.2) is 48.1 Å². The van der Waals surface area contributed by atoms with Gasteiger partial charge in [0.1, 0.15) is 12.4 Å². The fourth-order valence-electron chi connectivity index (χ4n) is 1.96. The number of fused-ring (bicyclic) bond motifs is 1. The average Bonchev–Trinajstić information content (AvgIpc) is 3.06. The van der Waals surface area contributed by atoms with Crippen molar-refractivity contribution in [1.29, 1.82) is 0 Å². The fraction of sp³-hybridized carbons (Fsp3) is 0.200. The normalized spacial score (nSPS) is 10.7. The molecule has 5 nitrogen and oxygen atoms in total. The molecule has 0 atom stereocenters. The predicted octanol–water partition coefficient (Wildman–Crippen LogP) is 2.13. The lowest BCUT2D eigenvalue weighted by Crippen LogP contribution is -2.29. The molecule has 3 aromatic rings. The zero-order valence-electron chi connectivity index (χ0n) is 11.4. The van der Waals surface area contributed by atoms with Crippen molar-refractivity contribution in [3.8, 4) is 5.75 Å². The molecule has 1 aromatic carbocycles. The van der Waals surface area contributed by atoms with E-state index in [2.05, 4.69) is 10.3 Å². The molecule has 0 saturated heterocycles. The van der Waals surface area contributed by atoms with Crippen LogP contribution in [0.3, 0.4) is 0 Å². The zero-order chi connectivity index (χ0) is 14.5. The first kappa shape index (κ1) is 13.6. The van der Waals surface area contributed by atoms with E-state index < -0.39 is 0 Å². The van der Waals surface area contributed by atoms with Crippen molar-refractivity contribution in [1.82, 2.24) is 14.7 Å². The molecule has 0 aliphatic heterocycles. The molecule has 108 valence electrons. The van der Waals surface area contributed by atoms with Gasteiger partial charge in [-0.2, -0.15) is 0 Å². The number of aromatic nitrogens is 2. The van der Waals surface area contributed by atoms with E-state index in [0.717, 1.165) is 16.4 Å². The summed E-state index contributed by atoms with van der Waals surface area (Å²) in [5.41, 5.74) is 0.781. The van der Waals surface area contributed by atoms with Gasteiger partial charge < -0.3 is 10.1 Å². The summed E-state index contributed by atoms with van der Waals surface area (Å²) < 4.78 is 7.43. The molecule has 1 N–H and O–H groups in total. The van der Waals surface area contributed by atoms with Gasteiger partial charge in [0.05, 0.1) is 18.7 Å². The number of rotatable bonds is 6. The van der Waals surface area contributed by atoms with E-state index in [1.165, 1.54) is 0 Å². The largest absolute Gasteiger partial charge is 0.492 e. The predicted molar refractivity (Wildman–Crippen MR) is 81.7 cm³/mol. The first-order valence-corrected chi connectivity index (χ1v) is 7.55. The molecule has 2 heterocycles. The van der Waals surface area contributed by atoms with Crippen LogP contribution in [0.5, 0.6) is 5.75 Å². The lowest BCUT2D eigenvalue weighted by atomic mass is 10.3. The number of benzene rings is 1. The number of para-hydroxylation sites is 1. The van der Waals surface area contributed by atoms with E-state index in [4.69, 9.17) is 4.74 Å². The molecule has 0 aliphatic carbocycles. The summed E-state index contributed by atoms with van der Waals surface area (Å²) >= 11 is 1.55. The minimum atomic E-state index is -0.0441. The maximum absolute atomic E-state index is 11.8. The van der Waals surface area contributed by atoms with E-state index in [-0.39, 0.29) is 5.91 Å². The summed E-state index contributed by atoms with van der Waals surface area (Å²) in [5.74, 6) is 0.763. The molecule has 3 rings (SSSR count). The number of thiazole rings is 1. The van der Waals surface area contributed by atoms with Crippen LogP contribution < -0.4 is 10.1 Å². The van der Waals surface area contributed by atoms with Crippen LogP contribution in [0.1, 0.15) is 5.69 Å². The quantitative estimate of drug-likeness (QED) is 0.710. The molecule has 0 saturated carbocycles. The topological polar surface area (TPSA) is 55.6 Å². The Morgan fingerprint density at radius 3 is 3.00 bits per heavy atom. The van der Waals surface area contributed by atoms with E-state index in [1.807, 2.05) is 52.5 Å². The summed E-state index contributed by atoms with van der Waals surface area (Å²) in [6.07, 6.45) is 4.10. The fourth-order valence-corrected chi connectivity index (χ4v) is 2.68. The number of imidazole rings is 1. The number of amides is 1. The number of hydrogen-bond donors (Lipinski definition) is 1. The lowest BCUT2D eigenvalue weighted by Gasteiger charge is -2.06. The molecule has 21 heavy (non-hydrogen) atoms. The second-order valence-corrected chi connectivity index (χ2v) is 5.39. The van der Waals surface area contributed by atoms with Gasteiger partial charge in [0.25, 0.3) is 0 Å². The Morgan fingerprint density at radius 1 is 1.33 bits per heavy atom. The first-order chi connectivity index (χ1) is 10.3. The molecule has 0 radical (unpaired) electrons. The molecule has 2 aromatic heterocycles. The Labute approximate surface area is 126 Å². The standard InChI is InChI=1S/C15H15N3O2S/c19-14(10-12-11-18-7-9-21-15(18)17-12)16-6-8-20-13-4-2-1-3-5-13/h1-5,7,9,11H,6,8,10H2,(H,16,19). The lowest BCUT2D eigenvalue weighted by molar-refractivity contribution is -0.120. The van der Waals surface area contributed by atoms with Crippen LogP contribution in [0.2, 0.25) is 0 Å². The van der Waals surface area contributed by atoms with Crippen molar-refractivity contribution in [2.45, 2.75) is 6.42 Å². The molecular formula is C15H15N3O2S. The summed E-state index contributed by atoms with van der Waals surface area (Å²) in [6, 6.07) is 9.54. The van der Waals surface area contributed by atoms with Gasteiger partial charge in [0, 0.05) is 17.8 Å². The van der Waals surface area contributed by atoms with Crippen molar-refractivity contribution in [2.75, 3.05) is 13.2 Å². The summed E-state index contributed by atoms with van der Waals surface area (Å²) in [5, 5.41) is 4.79. The van der Waals surface area contributed by atoms with Crippen LogP contribution in [0.4, 0.5) is 0 Å². The van der Waals surface area contributed by atoms with Gasteiger partial charge in [-0.15, -0.1) is 11.3 Å². The Balaban J connectivity index is 1.41. The number of carbonyl (C=O) groups excluding carboxylic acids is 1. The molecular weight excluding hydrogens is 286 g/mol. The van der Waals surface area contributed by atoms with Gasteiger partial charge in [0.2, 0.25) is 5.91 Å². The Morgan fingerprint density at radius 2 is 2.19 bits per heavy atom. The van der Waals surface area contributed by atoms with Crippen LogP contribution in [-0.4, -0.2) is 28.4 Å². The smallest absolute Gasteiger partial charge is 0.226 e. The molecule has 0 unspecified atom stereocenters. The highest BCUT2D eigenvalue weighted by molar-refractivity contribution is 7.15. The van der Waals surface area contributed by atoms with Gasteiger partial charge in [-0.3, -0.25) is 9.20 Å². The van der Waals surface area contributed by atoms with Crippen molar-refractivity contribution in [3.63, 3.8) is 0 Å². The minimum Gasteiger partial charge on any atom is -0.492 e. The highest BCUT2D eigenvalue weighted by atomic mass is 32.1. The highest BCUT2D eigenvalue weighted by Gasteiger charge is 2.07. The maximum atomic E-state index is 11.8. The number of nitrogens with one attached hydrogen (secondary N) is 1. The third-order valence-electron chi connectivity index (χ3n) is 2.92. The first-order valence-electron chi connectivity index (χ1n) is 6.67. The molecule has 0 fully saturated rings. The molecule has 0 bridgehead atoms. The third-order valence-corrected chi connectivity index (χ3v) is 3.69. The van der Waals surface area contributed by atoms with Crippen LogP contribution >= 0.6 is 11.3 Å². The van der Waals surface area contributed by atoms with Crippen LogP contribution in [-0.2, 0) is 11.2 Å². The number of ether oxygens (including phenoxy) is 1. The summed E-state index contributed by atoms with van der Waals surface area (Å²) in [6.45, 7) is 0.935. The number of carbonyl (C=O) groups is 1. The van der Waals surface area contributed by atoms with Crippen molar-refractivity contribution >= 4 is 22.2 Å². The Kier molecular flexibility index (Phi) is 4.16. The van der Waals surface area contributed by atoms with Crippen LogP contribution in [0, 0.1) is 0 Å². The van der Waals surface area contributed by atoms with E-state index >= 15 is 0 Å². The molecule has 6 heteroatoms. The van der Waals surface area contributed by atoms with Crippen molar-refractivity contribution in [3.05, 3.63) is 53.8 Å². The van der Waals surface area contributed by atoms with E-state index in [1.54, 1.807) is 11.3 Å². The van der Waals surface area contributed by atoms with Gasteiger partial charge >= 0.3 is 0 Å². The zero-order valence-corrected chi connectivity index (χ0v) is 12.2. The summed E-state index contributed by atoms with van der Waals surface area (Å²) in [4.78, 5) is 17.1. The van der Waals surface area contributed by atoms with E-state index in [9.17, 15) is 4.79 Å². The van der Waals surface area contributed by atoms with Crippen molar-refractivity contribution in [2.24, 2.45) is 0 Å².